The Bertz CT molecular complexity index is 1270. The monoisotopic (exact) mass is 415 g/mol. The molecule has 0 radical (unpaired) electrons. The van der Waals surface area contributed by atoms with Crippen LogP contribution in [0.15, 0.2) is 60.7 Å². The molecule has 4 aromatic rings. The molecule has 0 spiro atoms. The summed E-state index contributed by atoms with van der Waals surface area (Å²) in [7, 11) is 4.60. The molecule has 0 saturated carbocycles. The minimum Gasteiger partial charge on any atom is -0.493 e. The first-order valence-electron chi connectivity index (χ1n) is 10.1. The molecule has 0 saturated heterocycles. The van der Waals surface area contributed by atoms with E-state index in [1.54, 1.807) is 18.2 Å². The summed E-state index contributed by atoms with van der Waals surface area (Å²) in [5, 5.41) is 2.39. The molecular formula is C26H25NO4. The standard InChI is InChI=1S/C26H25NO4/c1-5-27-21-9-7-6-8-19(21)20-14-17(10-12-22(20)27)11-13-23(28)18-15-24(29-2)26(31-4)25(16-18)30-3/h6-16H,5H2,1-4H3/b13-11+. The van der Waals surface area contributed by atoms with E-state index in [1.165, 1.54) is 43.1 Å². The molecule has 5 heteroatoms. The molecule has 1 heterocycles. The minimum absolute atomic E-state index is 0.143. The number of methoxy groups -OCH3 is 3. The fourth-order valence-electron chi connectivity index (χ4n) is 4.01. The summed E-state index contributed by atoms with van der Waals surface area (Å²) < 4.78 is 18.3. The molecule has 0 N–H and O–H groups in total. The lowest BCUT2D eigenvalue weighted by atomic mass is 10.1. The number of aryl methyl sites for hydroxylation is 1. The van der Waals surface area contributed by atoms with E-state index in [9.17, 15) is 4.79 Å². The maximum absolute atomic E-state index is 12.8. The van der Waals surface area contributed by atoms with Crippen molar-refractivity contribution in [2.75, 3.05) is 21.3 Å². The van der Waals surface area contributed by atoms with E-state index < -0.39 is 0 Å². The third-order valence-corrected chi connectivity index (χ3v) is 5.49. The first-order chi connectivity index (χ1) is 15.1. The lowest BCUT2D eigenvalue weighted by molar-refractivity contribution is 0.104. The molecular weight excluding hydrogens is 390 g/mol. The van der Waals surface area contributed by atoms with Crippen LogP contribution in [0.1, 0.15) is 22.8 Å². The molecule has 0 unspecified atom stereocenters. The van der Waals surface area contributed by atoms with Crippen LogP contribution in [0.3, 0.4) is 0 Å². The first-order valence-corrected chi connectivity index (χ1v) is 10.1. The Balaban J connectivity index is 1.70. The molecule has 0 aliphatic heterocycles. The molecule has 0 fully saturated rings. The Morgan fingerprint density at radius 3 is 2.19 bits per heavy atom. The Morgan fingerprint density at radius 1 is 0.871 bits per heavy atom. The number of carbonyl (C=O) groups excluding carboxylic acids is 1. The number of fused-ring (bicyclic) bond motifs is 3. The largest absolute Gasteiger partial charge is 0.493 e. The summed E-state index contributed by atoms with van der Waals surface area (Å²) in [5.74, 6) is 1.22. The van der Waals surface area contributed by atoms with Gasteiger partial charge in [-0.15, -0.1) is 0 Å². The maximum Gasteiger partial charge on any atom is 0.203 e. The van der Waals surface area contributed by atoms with E-state index in [4.69, 9.17) is 14.2 Å². The molecule has 0 aliphatic rings. The highest BCUT2D eigenvalue weighted by molar-refractivity contribution is 6.10. The second kappa shape index (κ2) is 8.56. The highest BCUT2D eigenvalue weighted by Gasteiger charge is 2.16. The smallest absolute Gasteiger partial charge is 0.203 e. The molecule has 4 rings (SSSR count). The van der Waals surface area contributed by atoms with E-state index in [-0.39, 0.29) is 5.78 Å². The summed E-state index contributed by atoms with van der Waals surface area (Å²) in [6.07, 6.45) is 3.41. The van der Waals surface area contributed by atoms with Gasteiger partial charge in [-0.25, -0.2) is 0 Å². The number of carbonyl (C=O) groups is 1. The highest BCUT2D eigenvalue weighted by Crippen LogP contribution is 2.38. The number of benzene rings is 3. The highest BCUT2D eigenvalue weighted by atomic mass is 16.5. The topological polar surface area (TPSA) is 49.7 Å². The molecule has 5 nitrogen and oxygen atoms in total. The van der Waals surface area contributed by atoms with Crippen molar-refractivity contribution >= 4 is 33.7 Å². The van der Waals surface area contributed by atoms with Crippen LogP contribution in [-0.2, 0) is 6.54 Å². The lowest BCUT2D eigenvalue weighted by Crippen LogP contribution is -2.00. The van der Waals surface area contributed by atoms with Crippen molar-refractivity contribution in [2.45, 2.75) is 13.5 Å². The molecule has 158 valence electrons. The predicted molar refractivity (Wildman–Crippen MR) is 125 cm³/mol. The van der Waals surface area contributed by atoms with Gasteiger partial charge in [0.15, 0.2) is 17.3 Å². The Labute approximate surface area is 181 Å². The van der Waals surface area contributed by atoms with E-state index in [2.05, 4.69) is 47.9 Å². The van der Waals surface area contributed by atoms with Gasteiger partial charge in [0.2, 0.25) is 5.75 Å². The van der Waals surface area contributed by atoms with Crippen molar-refractivity contribution in [3.05, 3.63) is 71.8 Å². The van der Waals surface area contributed by atoms with Crippen LogP contribution in [0.4, 0.5) is 0 Å². The Kier molecular flexibility index (Phi) is 5.67. The van der Waals surface area contributed by atoms with E-state index in [0.29, 0.717) is 22.8 Å². The van der Waals surface area contributed by atoms with Gasteiger partial charge in [-0.05, 0) is 48.9 Å². The predicted octanol–water partition coefficient (Wildman–Crippen LogP) is 5.74. The van der Waals surface area contributed by atoms with Gasteiger partial charge in [-0.2, -0.15) is 0 Å². The lowest BCUT2D eigenvalue weighted by Gasteiger charge is -2.13. The van der Waals surface area contributed by atoms with Crippen molar-refractivity contribution in [1.29, 1.82) is 0 Å². The van der Waals surface area contributed by atoms with E-state index >= 15 is 0 Å². The van der Waals surface area contributed by atoms with Crippen LogP contribution in [0.5, 0.6) is 17.2 Å². The summed E-state index contributed by atoms with van der Waals surface area (Å²) in [5.41, 5.74) is 3.84. The normalized spacial score (nSPS) is 11.4. The third-order valence-electron chi connectivity index (χ3n) is 5.49. The van der Waals surface area contributed by atoms with E-state index in [1.807, 2.05) is 12.1 Å². The van der Waals surface area contributed by atoms with Gasteiger partial charge >= 0.3 is 0 Å². The summed E-state index contributed by atoms with van der Waals surface area (Å²) in [6, 6.07) is 18.0. The van der Waals surface area contributed by atoms with Crippen LogP contribution in [0, 0.1) is 0 Å². The third kappa shape index (κ3) is 3.63. The summed E-state index contributed by atoms with van der Waals surface area (Å²) in [6.45, 7) is 3.05. The molecule has 0 bridgehead atoms. The van der Waals surface area contributed by atoms with Gasteiger partial charge in [0, 0.05) is 33.9 Å². The fourth-order valence-corrected chi connectivity index (χ4v) is 4.01. The number of rotatable bonds is 7. The number of ether oxygens (including phenoxy) is 3. The molecule has 0 amide bonds. The van der Waals surface area contributed by atoms with Gasteiger partial charge in [0.05, 0.1) is 21.3 Å². The van der Waals surface area contributed by atoms with E-state index in [0.717, 1.165) is 12.1 Å². The van der Waals surface area contributed by atoms with Gasteiger partial charge in [-0.3, -0.25) is 4.79 Å². The van der Waals surface area contributed by atoms with Crippen molar-refractivity contribution in [1.82, 2.24) is 4.57 Å². The summed E-state index contributed by atoms with van der Waals surface area (Å²) >= 11 is 0. The zero-order valence-electron chi connectivity index (χ0n) is 18.1. The first kappa shape index (κ1) is 20.5. The van der Waals surface area contributed by atoms with Crippen LogP contribution in [0.25, 0.3) is 27.9 Å². The molecule has 3 aromatic carbocycles. The number of para-hydroxylation sites is 1. The van der Waals surface area contributed by atoms with Gasteiger partial charge in [-0.1, -0.05) is 30.3 Å². The van der Waals surface area contributed by atoms with Gasteiger partial charge in [0.25, 0.3) is 0 Å². The fraction of sp³-hybridized carbons (Fsp3) is 0.192. The second-order valence-corrected chi connectivity index (χ2v) is 7.15. The number of hydrogen-bond acceptors (Lipinski definition) is 4. The summed E-state index contributed by atoms with van der Waals surface area (Å²) in [4.78, 5) is 12.8. The zero-order chi connectivity index (χ0) is 22.0. The van der Waals surface area contributed by atoms with Crippen molar-refractivity contribution in [2.24, 2.45) is 0 Å². The number of aromatic nitrogens is 1. The van der Waals surface area contributed by atoms with Crippen LogP contribution >= 0.6 is 0 Å². The van der Waals surface area contributed by atoms with Crippen molar-refractivity contribution in [3.63, 3.8) is 0 Å². The average molecular weight is 415 g/mol. The number of allylic oxidation sites excluding steroid dienone is 1. The number of nitrogens with zero attached hydrogens (tertiary/aromatic N) is 1. The molecule has 1 aromatic heterocycles. The number of hydrogen-bond donors (Lipinski definition) is 0. The van der Waals surface area contributed by atoms with Crippen molar-refractivity contribution < 1.29 is 19.0 Å². The van der Waals surface area contributed by atoms with Crippen LogP contribution < -0.4 is 14.2 Å². The van der Waals surface area contributed by atoms with Crippen LogP contribution in [0.2, 0.25) is 0 Å². The SMILES string of the molecule is CCn1c2ccccc2c2cc(/C=C/C(=O)c3cc(OC)c(OC)c(OC)c3)ccc21. The molecule has 0 atom stereocenters. The Hall–Kier alpha value is -3.73. The zero-order valence-corrected chi connectivity index (χ0v) is 18.1. The molecule has 0 aliphatic carbocycles. The van der Waals surface area contributed by atoms with Crippen molar-refractivity contribution in [3.8, 4) is 17.2 Å². The second-order valence-electron chi connectivity index (χ2n) is 7.15. The Morgan fingerprint density at radius 2 is 1.55 bits per heavy atom. The number of ketones is 1. The van der Waals surface area contributed by atoms with Gasteiger partial charge < -0.3 is 18.8 Å². The molecule has 31 heavy (non-hydrogen) atoms. The quantitative estimate of drug-likeness (QED) is 0.285. The van der Waals surface area contributed by atoms with Gasteiger partial charge in [0.1, 0.15) is 0 Å². The van der Waals surface area contributed by atoms with Crippen LogP contribution in [-0.4, -0.2) is 31.7 Å². The maximum atomic E-state index is 12.8. The minimum atomic E-state index is -0.143. The average Bonchev–Trinajstić information content (AvgIpc) is 3.14.